The molecule has 160 valence electrons. The van der Waals surface area contributed by atoms with Crippen molar-refractivity contribution >= 4 is 7.60 Å². The van der Waals surface area contributed by atoms with Crippen LogP contribution >= 0.6 is 7.60 Å². The Morgan fingerprint density at radius 3 is 2.48 bits per heavy atom. The molecule has 1 heterocycles. The number of aryl methyl sites for hydroxylation is 2. The predicted molar refractivity (Wildman–Crippen MR) is 113 cm³/mol. The minimum atomic E-state index is -3.77. The number of phenolic OH excluding ortho intramolecular Hbond substituents is 1. The van der Waals surface area contributed by atoms with Crippen molar-refractivity contribution in [3.8, 4) is 17.2 Å². The molecule has 1 atom stereocenters. The van der Waals surface area contributed by atoms with Gasteiger partial charge in [-0.2, -0.15) is 20.1 Å². The van der Waals surface area contributed by atoms with E-state index in [2.05, 4.69) is 10.7 Å². The third-order valence-electron chi connectivity index (χ3n) is 4.74. The fourth-order valence-electron chi connectivity index (χ4n) is 2.79. The maximum atomic E-state index is 13.8. The second kappa shape index (κ2) is 9.37. The van der Waals surface area contributed by atoms with Gasteiger partial charge >= 0.3 is 7.60 Å². The largest absolute Gasteiger partial charge is 0.504 e. The summed E-state index contributed by atoms with van der Waals surface area (Å²) in [5, 5.41) is 14.9. The summed E-state index contributed by atoms with van der Waals surface area (Å²) in [6.45, 7) is 11.3. The van der Waals surface area contributed by atoms with Crippen molar-refractivity contribution in [2.45, 2.75) is 54.4 Å². The summed E-state index contributed by atoms with van der Waals surface area (Å²) in [4.78, 5) is 1.43. The lowest BCUT2D eigenvalue weighted by Gasteiger charge is -2.22. The summed E-state index contributed by atoms with van der Waals surface area (Å²) in [5.74, 6) is 0.500. The zero-order valence-electron chi connectivity index (χ0n) is 18.1. The van der Waals surface area contributed by atoms with Crippen LogP contribution in [-0.4, -0.2) is 22.1 Å². The number of benzene rings is 1. The summed E-state index contributed by atoms with van der Waals surface area (Å²) in [6.07, 6.45) is 2.99. The van der Waals surface area contributed by atoms with E-state index >= 15 is 0 Å². The Labute approximate surface area is 171 Å². The summed E-state index contributed by atoms with van der Waals surface area (Å²) in [6, 6.07) is 3.06. The number of rotatable bonds is 9. The van der Waals surface area contributed by atoms with Gasteiger partial charge in [0.05, 0.1) is 23.8 Å². The van der Waals surface area contributed by atoms with Crippen LogP contribution in [0.2, 0.25) is 0 Å². The second-order valence-electron chi connectivity index (χ2n) is 6.73. The van der Waals surface area contributed by atoms with E-state index in [0.29, 0.717) is 23.7 Å². The molecule has 8 nitrogen and oxygen atoms in total. The van der Waals surface area contributed by atoms with Crippen molar-refractivity contribution < 1.29 is 23.6 Å². The Morgan fingerprint density at radius 2 is 1.97 bits per heavy atom. The van der Waals surface area contributed by atoms with Crippen LogP contribution in [0.15, 0.2) is 23.5 Å². The number of aromatic nitrogens is 2. The lowest BCUT2D eigenvalue weighted by Crippen LogP contribution is -2.19. The van der Waals surface area contributed by atoms with Gasteiger partial charge in [-0.1, -0.05) is 19.9 Å². The summed E-state index contributed by atoms with van der Waals surface area (Å²) >= 11 is 0. The van der Waals surface area contributed by atoms with Crippen molar-refractivity contribution in [2.24, 2.45) is 0 Å². The van der Waals surface area contributed by atoms with Crippen LogP contribution in [-0.2, 0) is 9.19 Å². The Bertz CT molecular complexity index is 952. The summed E-state index contributed by atoms with van der Waals surface area (Å²) in [5.41, 5.74) is 5.88. The van der Waals surface area contributed by atoms with Crippen molar-refractivity contribution in [3.05, 3.63) is 46.0 Å². The first-order valence-electron chi connectivity index (χ1n) is 9.51. The molecule has 0 amide bonds. The lowest BCUT2D eigenvalue weighted by atomic mass is 10.2. The van der Waals surface area contributed by atoms with Crippen LogP contribution < -0.4 is 14.8 Å². The highest BCUT2D eigenvalue weighted by molar-refractivity contribution is 7.58. The lowest BCUT2D eigenvalue weighted by molar-refractivity contribution is 0.273. The third-order valence-corrected chi connectivity index (χ3v) is 6.71. The molecule has 2 rings (SSSR count). The average molecular weight is 423 g/mol. The molecule has 29 heavy (non-hydrogen) atoms. The number of nitrogens with zero attached hydrogens (tertiary/aromatic N) is 2. The highest BCUT2D eigenvalue weighted by atomic mass is 31.2. The molecular weight excluding hydrogens is 393 g/mol. The molecule has 0 aliphatic carbocycles. The normalized spacial score (nSPS) is 13.8. The van der Waals surface area contributed by atoms with Crippen molar-refractivity contribution in [1.82, 2.24) is 9.89 Å². The number of hydrogen-bond acceptors (Lipinski definition) is 7. The van der Waals surface area contributed by atoms with Crippen LogP contribution in [0.1, 0.15) is 49.2 Å². The Hall–Kier alpha value is -2.44. The zero-order valence-corrected chi connectivity index (χ0v) is 19.0. The molecule has 0 aliphatic rings. The number of hydrogen-bond donors (Lipinski definition) is 2. The number of allylic oxidation sites excluding steroid dienone is 2. The Kier molecular flexibility index (Phi) is 7.38. The first-order valence-corrected chi connectivity index (χ1v) is 11.0. The van der Waals surface area contributed by atoms with E-state index in [-0.39, 0.29) is 17.2 Å². The molecule has 0 saturated carbocycles. The highest BCUT2D eigenvalue weighted by Crippen LogP contribution is 2.57. The number of aromatic hydroxyl groups is 1. The van der Waals surface area contributed by atoms with Gasteiger partial charge in [0, 0.05) is 6.07 Å². The molecule has 1 aromatic carbocycles. The number of nitrogens with one attached hydrogen (secondary N) is 1. The summed E-state index contributed by atoms with van der Waals surface area (Å²) in [7, 11) is -2.33. The van der Waals surface area contributed by atoms with Gasteiger partial charge in [0.25, 0.3) is 0 Å². The maximum absolute atomic E-state index is 13.8. The van der Waals surface area contributed by atoms with Gasteiger partial charge in [-0.3, -0.25) is 0 Å². The van der Waals surface area contributed by atoms with Gasteiger partial charge in [-0.15, -0.1) is 0 Å². The van der Waals surface area contributed by atoms with Crippen LogP contribution in [0.4, 0.5) is 0 Å². The van der Waals surface area contributed by atoms with Gasteiger partial charge in [0.1, 0.15) is 5.75 Å². The molecule has 1 aromatic heterocycles. The standard InChI is InChI=1S/C20H30N3O5P/c1-8-10-18(9-2)29(25,28-22-23-16(6)14(4)15(5)21-23)27-17-11-13(3)20(24)19(12-17)26-7/h10-12,22,24H,8-9H2,1-7H3/b18-10+. The summed E-state index contributed by atoms with van der Waals surface area (Å²) < 4.78 is 30.4. The Morgan fingerprint density at radius 1 is 1.28 bits per heavy atom. The van der Waals surface area contributed by atoms with Crippen molar-refractivity contribution in [1.29, 1.82) is 0 Å². The monoisotopic (exact) mass is 423 g/mol. The van der Waals surface area contributed by atoms with Crippen LogP contribution in [0.3, 0.4) is 0 Å². The quantitative estimate of drug-likeness (QED) is 0.418. The van der Waals surface area contributed by atoms with Gasteiger partial charge < -0.3 is 14.4 Å². The van der Waals surface area contributed by atoms with E-state index in [4.69, 9.17) is 13.9 Å². The van der Waals surface area contributed by atoms with Crippen LogP contribution in [0.5, 0.6) is 17.2 Å². The molecule has 2 N–H and O–H groups in total. The zero-order chi connectivity index (χ0) is 21.8. The molecule has 0 radical (unpaired) electrons. The maximum Gasteiger partial charge on any atom is 0.428 e. The van der Waals surface area contributed by atoms with Crippen LogP contribution in [0, 0.1) is 27.7 Å². The van der Waals surface area contributed by atoms with Gasteiger partial charge in [0.15, 0.2) is 11.5 Å². The first-order chi connectivity index (χ1) is 13.7. The molecule has 1 unspecified atom stereocenters. The van der Waals surface area contributed by atoms with Gasteiger partial charge in [0.2, 0.25) is 0 Å². The fraction of sp³-hybridized carbons (Fsp3) is 0.450. The molecule has 0 saturated heterocycles. The number of ether oxygens (including phenoxy) is 1. The molecule has 0 aliphatic heterocycles. The smallest absolute Gasteiger partial charge is 0.428 e. The topological polar surface area (TPSA) is 94.8 Å². The SMILES string of the molecule is CC/C=C(\CC)P(=O)(ONn1nc(C)c(C)c1C)Oc1cc(C)c(O)c(OC)c1. The molecule has 0 bridgehead atoms. The number of methoxy groups -OCH3 is 1. The fourth-order valence-corrected chi connectivity index (χ4v) is 4.42. The van der Waals surface area contributed by atoms with Gasteiger partial charge in [-0.05, 0) is 57.7 Å². The minimum absolute atomic E-state index is 0.00616. The van der Waals surface area contributed by atoms with E-state index < -0.39 is 7.60 Å². The van der Waals surface area contributed by atoms with Crippen LogP contribution in [0.25, 0.3) is 0 Å². The number of phenols is 1. The third kappa shape index (κ3) is 4.95. The van der Waals surface area contributed by atoms with E-state index in [1.807, 2.05) is 40.7 Å². The predicted octanol–water partition coefficient (Wildman–Crippen LogP) is 5.28. The second-order valence-corrected chi connectivity index (χ2v) is 8.66. The molecule has 9 heteroatoms. The average Bonchev–Trinajstić information content (AvgIpc) is 2.93. The Balaban J connectivity index is 2.41. The van der Waals surface area contributed by atoms with Gasteiger partial charge in [-0.25, -0.2) is 4.57 Å². The van der Waals surface area contributed by atoms with E-state index in [0.717, 1.165) is 17.0 Å². The molecule has 0 fully saturated rings. The first kappa shape index (κ1) is 22.8. The highest BCUT2D eigenvalue weighted by Gasteiger charge is 2.33. The molecule has 2 aromatic rings. The van der Waals surface area contributed by atoms with Crippen molar-refractivity contribution in [2.75, 3.05) is 12.7 Å². The molecule has 0 spiro atoms. The molecular formula is C20H30N3O5P. The minimum Gasteiger partial charge on any atom is -0.504 e. The van der Waals surface area contributed by atoms with E-state index in [9.17, 15) is 9.67 Å². The van der Waals surface area contributed by atoms with E-state index in [1.165, 1.54) is 18.0 Å². The van der Waals surface area contributed by atoms with E-state index in [1.54, 1.807) is 13.0 Å². The van der Waals surface area contributed by atoms with Crippen molar-refractivity contribution in [3.63, 3.8) is 0 Å².